The molecule has 0 fully saturated rings. The highest BCUT2D eigenvalue weighted by Crippen LogP contribution is 2.27. The third-order valence-electron chi connectivity index (χ3n) is 3.37. The fourth-order valence-corrected chi connectivity index (χ4v) is 2.34. The number of ketones is 1. The van der Waals surface area contributed by atoms with Gasteiger partial charge >= 0.3 is 0 Å². The molecule has 0 amide bonds. The molecular formula is C19H13FO. The number of halogens is 1. The lowest BCUT2D eigenvalue weighted by molar-refractivity contribution is 0.103. The normalized spacial score (nSPS) is 10.3. The molecule has 3 rings (SSSR count). The minimum Gasteiger partial charge on any atom is -0.289 e. The molecule has 0 saturated carbocycles. The van der Waals surface area contributed by atoms with Crippen molar-refractivity contribution in [2.75, 3.05) is 0 Å². The highest BCUT2D eigenvalue weighted by Gasteiger charge is 2.15. The minimum atomic E-state index is -0.328. The molecule has 0 unspecified atom stereocenters. The Kier molecular flexibility index (Phi) is 3.61. The molecule has 0 spiro atoms. The monoisotopic (exact) mass is 276 g/mol. The van der Waals surface area contributed by atoms with Gasteiger partial charge in [-0.25, -0.2) is 4.39 Å². The van der Waals surface area contributed by atoms with Crippen molar-refractivity contribution in [2.24, 2.45) is 0 Å². The third kappa shape index (κ3) is 2.61. The van der Waals surface area contributed by atoms with Crippen LogP contribution in [0.4, 0.5) is 4.39 Å². The lowest BCUT2D eigenvalue weighted by Gasteiger charge is -2.09. The summed E-state index contributed by atoms with van der Waals surface area (Å²) in [5.74, 6) is -0.430. The predicted octanol–water partition coefficient (Wildman–Crippen LogP) is 4.72. The van der Waals surface area contributed by atoms with Gasteiger partial charge in [0.05, 0.1) is 0 Å². The van der Waals surface area contributed by atoms with Crippen molar-refractivity contribution in [1.82, 2.24) is 0 Å². The van der Waals surface area contributed by atoms with Gasteiger partial charge in [0, 0.05) is 16.7 Å². The van der Waals surface area contributed by atoms with Gasteiger partial charge in [-0.2, -0.15) is 0 Å². The molecule has 21 heavy (non-hydrogen) atoms. The Morgan fingerprint density at radius 1 is 0.667 bits per heavy atom. The van der Waals surface area contributed by atoms with Crippen LogP contribution in [0.15, 0.2) is 78.9 Å². The molecule has 0 aromatic heterocycles. The van der Waals surface area contributed by atoms with Crippen LogP contribution in [0.25, 0.3) is 11.1 Å². The third-order valence-corrected chi connectivity index (χ3v) is 3.37. The molecule has 3 aromatic carbocycles. The van der Waals surface area contributed by atoms with E-state index >= 15 is 0 Å². The van der Waals surface area contributed by atoms with Crippen LogP contribution >= 0.6 is 0 Å². The second-order valence-electron chi connectivity index (χ2n) is 4.72. The Morgan fingerprint density at radius 3 is 1.95 bits per heavy atom. The van der Waals surface area contributed by atoms with Crippen LogP contribution in [-0.2, 0) is 0 Å². The lowest BCUT2D eigenvalue weighted by Crippen LogP contribution is -2.03. The molecule has 1 nitrogen and oxygen atoms in total. The lowest BCUT2D eigenvalue weighted by atomic mass is 9.94. The van der Waals surface area contributed by atoms with Gasteiger partial charge in [-0.3, -0.25) is 4.79 Å². The molecule has 0 aliphatic rings. The summed E-state index contributed by atoms with van der Waals surface area (Å²) in [6, 6.07) is 22.6. The van der Waals surface area contributed by atoms with Crippen molar-refractivity contribution in [3.63, 3.8) is 0 Å². The first-order valence-corrected chi connectivity index (χ1v) is 6.71. The first kappa shape index (κ1) is 13.3. The molecule has 0 aliphatic carbocycles. The van der Waals surface area contributed by atoms with Crippen molar-refractivity contribution in [1.29, 1.82) is 0 Å². The van der Waals surface area contributed by atoms with Gasteiger partial charge in [-0.05, 0) is 11.6 Å². The summed E-state index contributed by atoms with van der Waals surface area (Å²) in [7, 11) is 0. The maximum atomic E-state index is 14.0. The SMILES string of the molecule is O=C(c1ccccc1)c1ccccc1-c1ccccc1F. The Bertz CT molecular complexity index is 778. The molecule has 0 radical (unpaired) electrons. The Morgan fingerprint density at radius 2 is 1.24 bits per heavy atom. The van der Waals surface area contributed by atoms with Crippen molar-refractivity contribution >= 4 is 5.78 Å². The van der Waals surface area contributed by atoms with E-state index in [1.165, 1.54) is 6.07 Å². The van der Waals surface area contributed by atoms with Crippen molar-refractivity contribution in [3.05, 3.63) is 95.8 Å². The Hall–Kier alpha value is -2.74. The Balaban J connectivity index is 2.13. The molecule has 0 saturated heterocycles. The summed E-state index contributed by atoms with van der Waals surface area (Å²) < 4.78 is 14.0. The molecule has 0 bridgehead atoms. The van der Waals surface area contributed by atoms with Gasteiger partial charge in [0.25, 0.3) is 0 Å². The van der Waals surface area contributed by atoms with Crippen molar-refractivity contribution < 1.29 is 9.18 Å². The van der Waals surface area contributed by atoms with Crippen LogP contribution in [0.2, 0.25) is 0 Å². The van der Waals surface area contributed by atoms with Crippen LogP contribution in [0, 0.1) is 5.82 Å². The van der Waals surface area contributed by atoms with E-state index in [0.717, 1.165) is 0 Å². The number of hydrogen-bond acceptors (Lipinski definition) is 1. The fourth-order valence-electron chi connectivity index (χ4n) is 2.34. The highest BCUT2D eigenvalue weighted by molar-refractivity contribution is 6.12. The van der Waals surface area contributed by atoms with Crippen LogP contribution in [0.5, 0.6) is 0 Å². The number of rotatable bonds is 3. The van der Waals surface area contributed by atoms with E-state index in [1.807, 2.05) is 24.3 Å². The van der Waals surface area contributed by atoms with Gasteiger partial charge in [0.1, 0.15) is 5.82 Å². The first-order chi connectivity index (χ1) is 10.3. The summed E-state index contributed by atoms with van der Waals surface area (Å²) in [6.45, 7) is 0. The largest absolute Gasteiger partial charge is 0.289 e. The van der Waals surface area contributed by atoms with E-state index in [2.05, 4.69) is 0 Å². The first-order valence-electron chi connectivity index (χ1n) is 6.71. The zero-order valence-electron chi connectivity index (χ0n) is 11.3. The molecule has 102 valence electrons. The predicted molar refractivity (Wildman–Crippen MR) is 81.7 cm³/mol. The number of carbonyl (C=O) groups excluding carboxylic acids is 1. The van der Waals surface area contributed by atoms with Crippen molar-refractivity contribution in [2.45, 2.75) is 0 Å². The van der Waals surface area contributed by atoms with Gasteiger partial charge in [-0.1, -0.05) is 72.8 Å². The molecule has 0 atom stereocenters. The standard InChI is InChI=1S/C19H13FO/c20-18-13-7-6-11-16(18)15-10-4-5-12-17(15)19(21)14-8-2-1-3-9-14/h1-13H. The molecule has 3 aromatic rings. The quantitative estimate of drug-likeness (QED) is 0.632. The molecule has 0 aliphatic heterocycles. The fraction of sp³-hybridized carbons (Fsp3) is 0. The molecule has 0 N–H and O–H groups in total. The van der Waals surface area contributed by atoms with Crippen LogP contribution in [-0.4, -0.2) is 5.78 Å². The summed E-state index contributed by atoms with van der Waals surface area (Å²) in [5.41, 5.74) is 2.16. The maximum absolute atomic E-state index is 14.0. The number of benzene rings is 3. The summed E-state index contributed by atoms with van der Waals surface area (Å²) in [5, 5.41) is 0. The smallest absolute Gasteiger partial charge is 0.193 e. The summed E-state index contributed by atoms with van der Waals surface area (Å²) in [6.07, 6.45) is 0. The topological polar surface area (TPSA) is 17.1 Å². The highest BCUT2D eigenvalue weighted by atomic mass is 19.1. The van der Waals surface area contributed by atoms with Crippen molar-refractivity contribution in [3.8, 4) is 11.1 Å². The Labute approximate surface area is 122 Å². The second kappa shape index (κ2) is 5.71. The molecule has 0 heterocycles. The summed E-state index contributed by atoms with van der Waals surface area (Å²) >= 11 is 0. The molecular weight excluding hydrogens is 263 g/mol. The number of hydrogen-bond donors (Lipinski definition) is 0. The van der Waals surface area contributed by atoms with E-state index in [4.69, 9.17) is 0 Å². The van der Waals surface area contributed by atoms with Crippen LogP contribution in [0.1, 0.15) is 15.9 Å². The maximum Gasteiger partial charge on any atom is 0.193 e. The van der Waals surface area contributed by atoms with E-state index < -0.39 is 0 Å². The average molecular weight is 276 g/mol. The second-order valence-corrected chi connectivity index (χ2v) is 4.72. The van der Waals surface area contributed by atoms with Crippen LogP contribution < -0.4 is 0 Å². The minimum absolute atomic E-state index is 0.102. The zero-order valence-corrected chi connectivity index (χ0v) is 11.3. The van der Waals surface area contributed by atoms with E-state index in [0.29, 0.717) is 22.3 Å². The van der Waals surface area contributed by atoms with E-state index in [9.17, 15) is 9.18 Å². The summed E-state index contributed by atoms with van der Waals surface area (Å²) in [4.78, 5) is 12.6. The van der Waals surface area contributed by atoms with Gasteiger partial charge in [-0.15, -0.1) is 0 Å². The zero-order chi connectivity index (χ0) is 14.7. The average Bonchev–Trinajstić information content (AvgIpc) is 2.55. The van der Waals surface area contributed by atoms with Crippen LogP contribution in [0.3, 0.4) is 0 Å². The molecule has 2 heteroatoms. The van der Waals surface area contributed by atoms with E-state index in [-0.39, 0.29) is 11.6 Å². The van der Waals surface area contributed by atoms with Gasteiger partial charge in [0.2, 0.25) is 0 Å². The van der Waals surface area contributed by atoms with Gasteiger partial charge < -0.3 is 0 Å². The number of carbonyl (C=O) groups is 1. The van der Waals surface area contributed by atoms with Gasteiger partial charge in [0.15, 0.2) is 5.78 Å². The van der Waals surface area contributed by atoms with E-state index in [1.54, 1.807) is 48.5 Å².